The van der Waals surface area contributed by atoms with Gasteiger partial charge in [-0.1, -0.05) is 18.2 Å². The van der Waals surface area contributed by atoms with E-state index in [1.165, 1.54) is 0 Å². The predicted molar refractivity (Wildman–Crippen MR) is 82.3 cm³/mol. The molecule has 2 aliphatic heterocycles. The lowest BCUT2D eigenvalue weighted by Gasteiger charge is -2.34. The highest BCUT2D eigenvalue weighted by atomic mass is 16.5. The van der Waals surface area contributed by atoms with E-state index in [4.69, 9.17) is 9.47 Å². The molecule has 0 bridgehead atoms. The molecule has 6 nitrogen and oxygen atoms in total. The molecule has 0 aliphatic carbocycles. The second kappa shape index (κ2) is 6.58. The number of rotatable bonds is 4. The van der Waals surface area contributed by atoms with Crippen LogP contribution in [0.25, 0.3) is 0 Å². The molecular formula is C17H21NO5. The molecule has 0 radical (unpaired) electrons. The Morgan fingerprint density at radius 3 is 2.74 bits per heavy atom. The highest BCUT2D eigenvalue weighted by molar-refractivity contribution is 5.81. The first kappa shape index (κ1) is 15.8. The topological polar surface area (TPSA) is 84.9 Å². The van der Waals surface area contributed by atoms with Crippen LogP contribution < -0.4 is 10.1 Å². The van der Waals surface area contributed by atoms with Crippen molar-refractivity contribution in [3.05, 3.63) is 29.8 Å². The predicted octanol–water partition coefficient (Wildman–Crippen LogP) is 1.24. The van der Waals surface area contributed by atoms with Crippen molar-refractivity contribution in [1.29, 1.82) is 0 Å². The summed E-state index contributed by atoms with van der Waals surface area (Å²) in [7, 11) is 0. The fourth-order valence-electron chi connectivity index (χ4n) is 3.13. The molecule has 1 atom stereocenters. The van der Waals surface area contributed by atoms with Gasteiger partial charge in [0.15, 0.2) is 0 Å². The van der Waals surface area contributed by atoms with Gasteiger partial charge in [-0.3, -0.25) is 9.59 Å². The summed E-state index contributed by atoms with van der Waals surface area (Å²) in [4.78, 5) is 24.0. The maximum atomic E-state index is 12.4. The summed E-state index contributed by atoms with van der Waals surface area (Å²) in [5.74, 6) is -0.475. The van der Waals surface area contributed by atoms with Crippen LogP contribution >= 0.6 is 0 Å². The molecule has 124 valence electrons. The van der Waals surface area contributed by atoms with Gasteiger partial charge in [-0.25, -0.2) is 0 Å². The van der Waals surface area contributed by atoms with Crippen molar-refractivity contribution in [3.63, 3.8) is 0 Å². The largest absolute Gasteiger partial charge is 0.492 e. The SMILES string of the molecule is O=C(NCC1(C(=O)O)CCOCC1)C1COc2ccccc2C1. The molecule has 0 saturated carbocycles. The normalized spacial score (nSPS) is 22.5. The number of carboxylic acid groups (broad SMARTS) is 1. The third kappa shape index (κ3) is 3.32. The molecule has 3 rings (SSSR count). The molecule has 0 aromatic heterocycles. The van der Waals surface area contributed by atoms with Crippen LogP contribution in [0.3, 0.4) is 0 Å². The molecule has 2 N–H and O–H groups in total. The van der Waals surface area contributed by atoms with E-state index in [1.807, 2.05) is 24.3 Å². The minimum atomic E-state index is -0.915. The van der Waals surface area contributed by atoms with Gasteiger partial charge in [0.05, 0.1) is 11.3 Å². The van der Waals surface area contributed by atoms with Crippen molar-refractivity contribution >= 4 is 11.9 Å². The second-order valence-corrected chi connectivity index (χ2v) is 6.24. The number of hydrogen-bond donors (Lipinski definition) is 2. The van der Waals surface area contributed by atoms with E-state index in [0.29, 0.717) is 39.1 Å². The lowest BCUT2D eigenvalue weighted by atomic mass is 9.80. The molecule has 2 heterocycles. The number of aliphatic carboxylic acids is 1. The number of carbonyl (C=O) groups is 2. The highest BCUT2D eigenvalue weighted by Gasteiger charge is 2.41. The van der Waals surface area contributed by atoms with E-state index in [2.05, 4.69) is 5.32 Å². The molecule has 6 heteroatoms. The molecule has 23 heavy (non-hydrogen) atoms. The number of fused-ring (bicyclic) bond motifs is 1. The number of nitrogens with one attached hydrogen (secondary N) is 1. The Labute approximate surface area is 134 Å². The van der Waals surface area contributed by atoms with Crippen LogP contribution in [0.2, 0.25) is 0 Å². The van der Waals surface area contributed by atoms with Crippen molar-refractivity contribution in [2.45, 2.75) is 19.3 Å². The van der Waals surface area contributed by atoms with Crippen LogP contribution in [0.5, 0.6) is 5.75 Å². The van der Waals surface area contributed by atoms with Crippen LogP contribution in [0, 0.1) is 11.3 Å². The van der Waals surface area contributed by atoms with E-state index >= 15 is 0 Å². The number of carboxylic acids is 1. The van der Waals surface area contributed by atoms with Crippen LogP contribution in [0.15, 0.2) is 24.3 Å². The Morgan fingerprint density at radius 1 is 1.26 bits per heavy atom. The zero-order valence-corrected chi connectivity index (χ0v) is 12.9. The van der Waals surface area contributed by atoms with Gasteiger partial charge in [0, 0.05) is 19.8 Å². The molecule has 1 saturated heterocycles. The zero-order valence-electron chi connectivity index (χ0n) is 12.9. The third-order valence-corrected chi connectivity index (χ3v) is 4.75. The fraction of sp³-hybridized carbons (Fsp3) is 0.529. The van der Waals surface area contributed by atoms with E-state index in [-0.39, 0.29) is 18.4 Å². The monoisotopic (exact) mass is 319 g/mol. The molecule has 1 aromatic rings. The lowest BCUT2D eigenvalue weighted by Crippen LogP contribution is -2.48. The Kier molecular flexibility index (Phi) is 4.52. The van der Waals surface area contributed by atoms with Crippen LogP contribution in [0.1, 0.15) is 18.4 Å². The molecular weight excluding hydrogens is 298 g/mol. The Balaban J connectivity index is 1.60. The summed E-state index contributed by atoms with van der Waals surface area (Å²) in [5, 5.41) is 12.3. The van der Waals surface area contributed by atoms with Crippen molar-refractivity contribution < 1.29 is 24.2 Å². The number of hydrogen-bond acceptors (Lipinski definition) is 4. The molecule has 1 aromatic carbocycles. The van der Waals surface area contributed by atoms with Gasteiger partial charge in [0.1, 0.15) is 12.4 Å². The van der Waals surface area contributed by atoms with Crippen molar-refractivity contribution in [3.8, 4) is 5.75 Å². The minimum Gasteiger partial charge on any atom is -0.492 e. The van der Waals surface area contributed by atoms with Gasteiger partial charge in [0.2, 0.25) is 5.91 Å². The maximum absolute atomic E-state index is 12.4. The van der Waals surface area contributed by atoms with E-state index < -0.39 is 11.4 Å². The van der Waals surface area contributed by atoms with E-state index in [9.17, 15) is 14.7 Å². The van der Waals surface area contributed by atoms with E-state index in [0.717, 1.165) is 11.3 Å². The van der Waals surface area contributed by atoms with Gasteiger partial charge in [-0.2, -0.15) is 0 Å². The van der Waals surface area contributed by atoms with Crippen LogP contribution in [-0.2, 0) is 20.7 Å². The minimum absolute atomic E-state index is 0.142. The van der Waals surface area contributed by atoms with Crippen LogP contribution in [0.4, 0.5) is 0 Å². The summed E-state index contributed by atoms with van der Waals surface area (Å²) >= 11 is 0. The molecule has 1 amide bonds. The van der Waals surface area contributed by atoms with Crippen molar-refractivity contribution in [1.82, 2.24) is 5.32 Å². The van der Waals surface area contributed by atoms with Crippen molar-refractivity contribution in [2.75, 3.05) is 26.4 Å². The van der Waals surface area contributed by atoms with Gasteiger partial charge in [-0.05, 0) is 30.9 Å². The summed E-state index contributed by atoms with van der Waals surface area (Å²) in [6.45, 7) is 1.30. The zero-order chi connectivity index (χ0) is 16.3. The number of amides is 1. The molecule has 0 spiro atoms. The first-order valence-corrected chi connectivity index (χ1v) is 7.90. The van der Waals surface area contributed by atoms with E-state index in [1.54, 1.807) is 0 Å². The maximum Gasteiger partial charge on any atom is 0.311 e. The van der Waals surface area contributed by atoms with Gasteiger partial charge in [0.25, 0.3) is 0 Å². The Hall–Kier alpha value is -2.08. The summed E-state index contributed by atoms with van der Waals surface area (Å²) < 4.78 is 10.9. The summed E-state index contributed by atoms with van der Waals surface area (Å²) in [6.07, 6.45) is 1.46. The first-order chi connectivity index (χ1) is 11.1. The van der Waals surface area contributed by atoms with Crippen molar-refractivity contribution in [2.24, 2.45) is 11.3 Å². The Morgan fingerprint density at radius 2 is 2.00 bits per heavy atom. The molecule has 1 unspecified atom stereocenters. The number of para-hydroxylation sites is 1. The standard InChI is InChI=1S/C17H21NO5/c19-15(13-9-12-3-1-2-4-14(12)23-10-13)18-11-17(16(20)21)5-7-22-8-6-17/h1-4,13H,5-11H2,(H,18,19)(H,20,21). The average Bonchev–Trinajstić information content (AvgIpc) is 2.60. The lowest BCUT2D eigenvalue weighted by molar-refractivity contribution is -0.154. The molecule has 1 fully saturated rings. The van der Waals surface area contributed by atoms with Crippen LogP contribution in [-0.4, -0.2) is 43.3 Å². The fourth-order valence-corrected chi connectivity index (χ4v) is 3.13. The molecule has 2 aliphatic rings. The number of carbonyl (C=O) groups excluding carboxylic acids is 1. The first-order valence-electron chi connectivity index (χ1n) is 7.90. The highest BCUT2D eigenvalue weighted by Crippen LogP contribution is 2.31. The van der Waals surface area contributed by atoms with Gasteiger partial charge in [-0.15, -0.1) is 0 Å². The number of ether oxygens (including phenoxy) is 2. The average molecular weight is 319 g/mol. The summed E-state index contributed by atoms with van der Waals surface area (Å²) in [5.41, 5.74) is 0.0966. The smallest absolute Gasteiger partial charge is 0.311 e. The number of benzene rings is 1. The third-order valence-electron chi connectivity index (χ3n) is 4.75. The quantitative estimate of drug-likeness (QED) is 0.872. The van der Waals surface area contributed by atoms with Gasteiger partial charge >= 0.3 is 5.97 Å². The summed E-state index contributed by atoms with van der Waals surface area (Å²) in [6, 6.07) is 7.67. The Bertz CT molecular complexity index is 594. The second-order valence-electron chi connectivity index (χ2n) is 6.24. The van der Waals surface area contributed by atoms with Gasteiger partial charge < -0.3 is 19.9 Å².